The molecule has 3 nitrogen and oxygen atoms in total. The Balaban J connectivity index is 4.40. The Labute approximate surface area is 172 Å². The second-order valence-corrected chi connectivity index (χ2v) is 8.88. The molecule has 0 saturated carbocycles. The first kappa shape index (κ1) is 26.6. The Morgan fingerprint density at radius 3 is 2.07 bits per heavy atom. The van der Waals surface area contributed by atoms with E-state index < -0.39 is 12.2 Å². The summed E-state index contributed by atoms with van der Waals surface area (Å²) in [5.74, 6) is 0.105. The monoisotopic (exact) mass is 390 g/mol. The Kier molecular flexibility index (Phi) is 13.0. The van der Waals surface area contributed by atoms with E-state index in [-0.39, 0.29) is 16.6 Å². The predicted molar refractivity (Wildman–Crippen MR) is 120 cm³/mol. The number of aliphatic hydroxyl groups excluding tert-OH is 2. The number of hydrogen-bond donors (Lipinski definition) is 2. The van der Waals surface area contributed by atoms with Crippen LogP contribution in [0.25, 0.3) is 0 Å². The zero-order valence-electron chi connectivity index (χ0n) is 18.8. The second-order valence-electron chi connectivity index (χ2n) is 8.88. The van der Waals surface area contributed by atoms with E-state index in [9.17, 15) is 15.0 Å². The summed E-state index contributed by atoms with van der Waals surface area (Å²) in [4.78, 5) is 10.9. The summed E-state index contributed by atoms with van der Waals surface area (Å²) in [7, 11) is 0. The fourth-order valence-corrected chi connectivity index (χ4v) is 2.76. The van der Waals surface area contributed by atoms with Crippen LogP contribution in [0.5, 0.6) is 0 Å². The maximum absolute atomic E-state index is 10.9. The number of carbonyl (C=O) groups excluding carboxylic acids is 1. The molecule has 0 aliphatic carbocycles. The molecule has 0 aliphatic heterocycles. The molecule has 2 N–H and O–H groups in total. The molecule has 2 atom stereocenters. The fourth-order valence-electron chi connectivity index (χ4n) is 2.76. The molecule has 0 aliphatic rings. The van der Waals surface area contributed by atoms with Crippen LogP contribution < -0.4 is 0 Å². The van der Waals surface area contributed by atoms with E-state index in [1.165, 1.54) is 26.2 Å². The molecular formula is C25H42O3. The third-order valence-corrected chi connectivity index (χ3v) is 5.70. The van der Waals surface area contributed by atoms with Gasteiger partial charge in [0, 0.05) is 6.42 Å². The SMILES string of the molecule is CCCCC(C)(C)C(C)(C)/C=C/C=C\C=C\C=C\[C@@H](O)[C@@H](O)CCCC(C)=O. The van der Waals surface area contributed by atoms with Gasteiger partial charge in [0.15, 0.2) is 0 Å². The minimum absolute atomic E-state index is 0.105. The molecule has 160 valence electrons. The third-order valence-electron chi connectivity index (χ3n) is 5.70. The molecule has 0 rings (SSSR count). The summed E-state index contributed by atoms with van der Waals surface area (Å²) in [6.07, 6.45) is 18.8. The molecule has 0 amide bonds. The van der Waals surface area contributed by atoms with Crippen LogP contribution in [0.15, 0.2) is 48.6 Å². The van der Waals surface area contributed by atoms with Gasteiger partial charge in [-0.25, -0.2) is 0 Å². The van der Waals surface area contributed by atoms with Gasteiger partial charge in [-0.05, 0) is 37.0 Å². The maximum Gasteiger partial charge on any atom is 0.129 e. The Morgan fingerprint density at radius 2 is 1.50 bits per heavy atom. The van der Waals surface area contributed by atoms with E-state index in [0.717, 1.165) is 0 Å². The lowest BCUT2D eigenvalue weighted by atomic mass is 9.65. The van der Waals surface area contributed by atoms with Gasteiger partial charge in [0.05, 0.1) is 12.2 Å². The van der Waals surface area contributed by atoms with Gasteiger partial charge in [-0.15, -0.1) is 0 Å². The van der Waals surface area contributed by atoms with Crippen molar-refractivity contribution in [1.82, 2.24) is 0 Å². The largest absolute Gasteiger partial charge is 0.390 e. The fraction of sp³-hybridized carbons (Fsp3) is 0.640. The molecule has 0 saturated heterocycles. The smallest absolute Gasteiger partial charge is 0.129 e. The number of allylic oxidation sites excluding steroid dienone is 7. The highest BCUT2D eigenvalue weighted by Gasteiger charge is 2.33. The molecule has 0 spiro atoms. The lowest BCUT2D eigenvalue weighted by Crippen LogP contribution is -2.30. The molecule has 3 heteroatoms. The number of Topliss-reactive ketones (excluding diaryl/α,β-unsaturated/α-hetero) is 1. The molecule has 0 heterocycles. The second kappa shape index (κ2) is 13.7. The van der Waals surface area contributed by atoms with Crippen molar-refractivity contribution in [2.75, 3.05) is 0 Å². The molecule has 0 fully saturated rings. The molecule has 0 radical (unpaired) electrons. The van der Waals surface area contributed by atoms with Gasteiger partial charge in [0.2, 0.25) is 0 Å². The minimum atomic E-state index is -0.911. The van der Waals surface area contributed by atoms with Crippen LogP contribution in [0.1, 0.15) is 80.1 Å². The quantitative estimate of drug-likeness (QED) is 0.361. The standard InChI is InChI=1S/C25H42O3/c1-7-8-19-24(3,4)25(5,6)20-14-12-10-9-11-13-17-22(27)23(28)18-15-16-21(2)26/h9-14,17,20,22-23,27-28H,7-8,15-16,18-19H2,1-6H3/b11-9+,12-10-,17-13+,20-14+/t22-,23+/m1/s1. The van der Waals surface area contributed by atoms with Crippen molar-refractivity contribution in [3.05, 3.63) is 48.6 Å². The summed E-state index contributed by atoms with van der Waals surface area (Å²) in [5.41, 5.74) is 0.381. The highest BCUT2D eigenvalue weighted by Crippen LogP contribution is 2.43. The van der Waals surface area contributed by atoms with Crippen molar-refractivity contribution in [1.29, 1.82) is 0 Å². The molecular weight excluding hydrogens is 348 g/mol. The van der Waals surface area contributed by atoms with E-state index in [1.54, 1.807) is 12.2 Å². The van der Waals surface area contributed by atoms with Crippen molar-refractivity contribution >= 4 is 5.78 Å². The van der Waals surface area contributed by atoms with Crippen LogP contribution in [0, 0.1) is 10.8 Å². The average Bonchev–Trinajstić information content (AvgIpc) is 2.61. The maximum atomic E-state index is 10.9. The molecule has 0 aromatic heterocycles. The van der Waals surface area contributed by atoms with Gasteiger partial charge in [0.25, 0.3) is 0 Å². The topological polar surface area (TPSA) is 57.5 Å². The van der Waals surface area contributed by atoms with Crippen molar-refractivity contribution in [2.24, 2.45) is 10.8 Å². The van der Waals surface area contributed by atoms with E-state index in [4.69, 9.17) is 0 Å². The lowest BCUT2D eigenvalue weighted by molar-refractivity contribution is -0.117. The first-order valence-electron chi connectivity index (χ1n) is 10.6. The summed E-state index contributed by atoms with van der Waals surface area (Å²) in [6.45, 7) is 13.0. The molecule has 0 unspecified atom stereocenters. The average molecular weight is 391 g/mol. The van der Waals surface area contributed by atoms with Crippen molar-refractivity contribution in [2.45, 2.75) is 92.3 Å². The predicted octanol–water partition coefficient (Wildman–Crippen LogP) is 5.93. The minimum Gasteiger partial charge on any atom is -0.390 e. The summed E-state index contributed by atoms with van der Waals surface area (Å²) in [5, 5.41) is 19.7. The van der Waals surface area contributed by atoms with Gasteiger partial charge in [-0.3, -0.25) is 0 Å². The van der Waals surface area contributed by atoms with Crippen LogP contribution in [0.2, 0.25) is 0 Å². The molecule has 28 heavy (non-hydrogen) atoms. The van der Waals surface area contributed by atoms with Gasteiger partial charge in [0.1, 0.15) is 5.78 Å². The van der Waals surface area contributed by atoms with Gasteiger partial charge >= 0.3 is 0 Å². The van der Waals surface area contributed by atoms with Crippen LogP contribution in [-0.4, -0.2) is 28.2 Å². The van der Waals surface area contributed by atoms with Crippen molar-refractivity contribution in [3.8, 4) is 0 Å². The van der Waals surface area contributed by atoms with Crippen LogP contribution >= 0.6 is 0 Å². The highest BCUT2D eigenvalue weighted by molar-refractivity contribution is 5.75. The number of carbonyl (C=O) groups is 1. The zero-order valence-corrected chi connectivity index (χ0v) is 18.8. The number of aliphatic hydroxyl groups is 2. The molecule has 0 aromatic carbocycles. The number of ketones is 1. The van der Waals surface area contributed by atoms with Crippen LogP contribution in [0.3, 0.4) is 0 Å². The van der Waals surface area contributed by atoms with Gasteiger partial charge < -0.3 is 15.0 Å². The highest BCUT2D eigenvalue weighted by atomic mass is 16.3. The Bertz CT molecular complexity index is 550. The number of unbranched alkanes of at least 4 members (excludes halogenated alkanes) is 1. The summed E-state index contributed by atoms with van der Waals surface area (Å²) >= 11 is 0. The van der Waals surface area contributed by atoms with Crippen molar-refractivity contribution in [3.63, 3.8) is 0 Å². The lowest BCUT2D eigenvalue weighted by Gasteiger charge is -2.40. The van der Waals surface area contributed by atoms with Crippen molar-refractivity contribution < 1.29 is 15.0 Å². The van der Waals surface area contributed by atoms with Crippen LogP contribution in [-0.2, 0) is 4.79 Å². The molecule has 0 aromatic rings. The van der Waals surface area contributed by atoms with Gasteiger partial charge in [-0.2, -0.15) is 0 Å². The summed E-state index contributed by atoms with van der Waals surface area (Å²) < 4.78 is 0. The Morgan fingerprint density at radius 1 is 0.929 bits per heavy atom. The van der Waals surface area contributed by atoms with Crippen LogP contribution in [0.4, 0.5) is 0 Å². The van der Waals surface area contributed by atoms with E-state index in [0.29, 0.717) is 19.3 Å². The molecule has 0 bridgehead atoms. The normalized spacial score (nSPS) is 16.0. The van der Waals surface area contributed by atoms with E-state index in [1.807, 2.05) is 24.3 Å². The first-order chi connectivity index (χ1) is 13.0. The third kappa shape index (κ3) is 11.4. The van der Waals surface area contributed by atoms with Gasteiger partial charge in [-0.1, -0.05) is 96.1 Å². The van der Waals surface area contributed by atoms with E-state index >= 15 is 0 Å². The first-order valence-corrected chi connectivity index (χ1v) is 10.6. The Hall–Kier alpha value is -1.45. The number of rotatable bonds is 14. The summed E-state index contributed by atoms with van der Waals surface area (Å²) in [6, 6.07) is 0. The number of hydrogen-bond acceptors (Lipinski definition) is 3. The zero-order chi connectivity index (χ0) is 21.6. The van der Waals surface area contributed by atoms with E-state index in [2.05, 4.69) is 46.8 Å².